The van der Waals surface area contributed by atoms with Crippen LogP contribution in [0.2, 0.25) is 0 Å². The van der Waals surface area contributed by atoms with E-state index in [9.17, 15) is 0 Å². The van der Waals surface area contributed by atoms with Crippen molar-refractivity contribution in [2.45, 2.75) is 43.7 Å². The van der Waals surface area contributed by atoms with Crippen LogP contribution in [0.15, 0.2) is 24.3 Å². The molecule has 2 bridgehead atoms. The molecule has 0 spiro atoms. The Hall–Kier alpha value is -1.02. The third kappa shape index (κ3) is 1.71. The van der Waals surface area contributed by atoms with E-state index in [-0.39, 0.29) is 0 Å². The van der Waals surface area contributed by atoms with E-state index >= 15 is 0 Å². The third-order valence-electron chi connectivity index (χ3n) is 4.05. The van der Waals surface area contributed by atoms with Crippen molar-refractivity contribution in [3.63, 3.8) is 0 Å². The minimum absolute atomic E-state index is 0.690. The molecular formula is C14H19NO. The van der Waals surface area contributed by atoms with E-state index in [4.69, 9.17) is 4.74 Å². The first-order valence-electron chi connectivity index (χ1n) is 6.26. The lowest BCUT2D eigenvalue weighted by Gasteiger charge is -2.30. The lowest BCUT2D eigenvalue weighted by molar-refractivity contribution is 0.348. The van der Waals surface area contributed by atoms with Crippen LogP contribution < -0.4 is 10.1 Å². The molecule has 2 aliphatic rings. The van der Waals surface area contributed by atoms with Crippen molar-refractivity contribution < 1.29 is 4.74 Å². The number of rotatable bonds is 2. The second-order valence-electron chi connectivity index (χ2n) is 5.05. The highest BCUT2D eigenvalue weighted by atomic mass is 16.5. The van der Waals surface area contributed by atoms with Gasteiger partial charge in [-0.3, -0.25) is 0 Å². The lowest BCUT2D eigenvalue weighted by atomic mass is 9.86. The van der Waals surface area contributed by atoms with Gasteiger partial charge in [0.15, 0.2) is 0 Å². The fraction of sp³-hybridized carbons (Fsp3) is 0.571. The van der Waals surface area contributed by atoms with E-state index in [0.29, 0.717) is 5.92 Å². The Balaban J connectivity index is 1.86. The maximum absolute atomic E-state index is 5.47. The zero-order chi connectivity index (χ0) is 11.0. The van der Waals surface area contributed by atoms with E-state index in [2.05, 4.69) is 29.6 Å². The molecule has 0 aliphatic carbocycles. The number of fused-ring (bicyclic) bond motifs is 2. The van der Waals surface area contributed by atoms with Gasteiger partial charge in [0.05, 0.1) is 7.11 Å². The molecule has 2 saturated heterocycles. The van der Waals surface area contributed by atoms with Crippen LogP contribution >= 0.6 is 0 Å². The van der Waals surface area contributed by atoms with Gasteiger partial charge in [0, 0.05) is 12.1 Å². The number of hydrogen-bond donors (Lipinski definition) is 1. The van der Waals surface area contributed by atoms with Gasteiger partial charge in [-0.05, 0) is 43.2 Å². The molecule has 2 aliphatic heterocycles. The predicted octanol–water partition coefficient (Wildman–Crippen LogP) is 2.69. The van der Waals surface area contributed by atoms with E-state index in [1.807, 2.05) is 0 Å². The highest BCUT2D eigenvalue weighted by Gasteiger charge is 2.34. The first kappa shape index (κ1) is 10.2. The molecule has 2 nitrogen and oxygen atoms in total. The predicted molar refractivity (Wildman–Crippen MR) is 64.9 cm³/mol. The van der Waals surface area contributed by atoms with Gasteiger partial charge in [0.1, 0.15) is 5.75 Å². The SMILES string of the molecule is COc1ccccc1C1CC2CCC(C1)N2. The molecule has 2 atom stereocenters. The molecule has 0 radical (unpaired) electrons. The first-order valence-corrected chi connectivity index (χ1v) is 6.26. The van der Waals surface area contributed by atoms with Crippen LogP contribution in [0.3, 0.4) is 0 Å². The Morgan fingerprint density at radius 1 is 1.12 bits per heavy atom. The van der Waals surface area contributed by atoms with Crippen molar-refractivity contribution in [3.05, 3.63) is 29.8 Å². The molecule has 1 N–H and O–H groups in total. The Bertz CT molecular complexity index is 365. The molecule has 1 aromatic rings. The fourth-order valence-corrected chi connectivity index (χ4v) is 3.31. The minimum Gasteiger partial charge on any atom is -0.496 e. The molecule has 0 saturated carbocycles. The number of ether oxygens (including phenoxy) is 1. The smallest absolute Gasteiger partial charge is 0.122 e. The highest BCUT2D eigenvalue weighted by Crippen LogP contribution is 2.40. The van der Waals surface area contributed by atoms with Crippen LogP contribution in [0, 0.1) is 0 Å². The van der Waals surface area contributed by atoms with E-state index < -0.39 is 0 Å². The minimum atomic E-state index is 0.690. The van der Waals surface area contributed by atoms with Gasteiger partial charge < -0.3 is 10.1 Å². The van der Waals surface area contributed by atoms with Crippen LogP contribution in [0.4, 0.5) is 0 Å². The molecule has 86 valence electrons. The highest BCUT2D eigenvalue weighted by molar-refractivity contribution is 5.37. The van der Waals surface area contributed by atoms with Crippen LogP contribution in [0.1, 0.15) is 37.2 Å². The Morgan fingerprint density at radius 3 is 2.50 bits per heavy atom. The van der Waals surface area contributed by atoms with Crippen LogP contribution in [-0.4, -0.2) is 19.2 Å². The van der Waals surface area contributed by atoms with Gasteiger partial charge in [0.25, 0.3) is 0 Å². The summed E-state index contributed by atoms with van der Waals surface area (Å²) in [5, 5.41) is 3.69. The molecule has 2 heteroatoms. The van der Waals surface area contributed by atoms with Gasteiger partial charge in [-0.2, -0.15) is 0 Å². The van der Waals surface area contributed by atoms with Crippen molar-refractivity contribution in [1.29, 1.82) is 0 Å². The Labute approximate surface area is 97.0 Å². The van der Waals surface area contributed by atoms with Gasteiger partial charge >= 0.3 is 0 Å². The average molecular weight is 217 g/mol. The zero-order valence-corrected chi connectivity index (χ0v) is 9.78. The second kappa shape index (κ2) is 4.10. The van der Waals surface area contributed by atoms with Crippen molar-refractivity contribution >= 4 is 0 Å². The number of nitrogens with one attached hydrogen (secondary N) is 1. The summed E-state index contributed by atoms with van der Waals surface area (Å²) in [5.74, 6) is 1.75. The summed E-state index contributed by atoms with van der Waals surface area (Å²) in [4.78, 5) is 0. The topological polar surface area (TPSA) is 21.3 Å². The molecule has 3 rings (SSSR count). The number of benzene rings is 1. The molecule has 0 aromatic heterocycles. The molecule has 2 heterocycles. The van der Waals surface area contributed by atoms with Gasteiger partial charge in [-0.25, -0.2) is 0 Å². The summed E-state index contributed by atoms with van der Waals surface area (Å²) >= 11 is 0. The maximum atomic E-state index is 5.47. The summed E-state index contributed by atoms with van der Waals surface area (Å²) in [6.07, 6.45) is 5.26. The van der Waals surface area contributed by atoms with E-state index in [0.717, 1.165) is 17.8 Å². The quantitative estimate of drug-likeness (QED) is 0.822. The third-order valence-corrected chi connectivity index (χ3v) is 4.05. The van der Waals surface area contributed by atoms with Crippen LogP contribution in [-0.2, 0) is 0 Å². The summed E-state index contributed by atoms with van der Waals surface area (Å²) in [7, 11) is 1.77. The maximum Gasteiger partial charge on any atom is 0.122 e. The van der Waals surface area contributed by atoms with E-state index in [1.54, 1.807) is 7.11 Å². The monoisotopic (exact) mass is 217 g/mol. The van der Waals surface area contributed by atoms with Crippen molar-refractivity contribution in [1.82, 2.24) is 5.32 Å². The van der Waals surface area contributed by atoms with Gasteiger partial charge in [0.2, 0.25) is 0 Å². The molecule has 2 unspecified atom stereocenters. The first-order chi connectivity index (χ1) is 7.86. The largest absolute Gasteiger partial charge is 0.496 e. The standard InChI is InChI=1S/C14H19NO/c1-16-14-5-3-2-4-13(14)10-8-11-6-7-12(9-10)15-11/h2-5,10-12,15H,6-9H2,1H3. The number of piperidine rings is 1. The van der Waals surface area contributed by atoms with E-state index in [1.165, 1.54) is 31.2 Å². The zero-order valence-electron chi connectivity index (χ0n) is 9.78. The van der Waals surface area contributed by atoms with Gasteiger partial charge in [-0.15, -0.1) is 0 Å². The molecule has 2 fully saturated rings. The summed E-state index contributed by atoms with van der Waals surface area (Å²) < 4.78 is 5.47. The Kier molecular flexibility index (Phi) is 2.60. The summed E-state index contributed by atoms with van der Waals surface area (Å²) in [5.41, 5.74) is 1.41. The van der Waals surface area contributed by atoms with Crippen molar-refractivity contribution in [2.75, 3.05) is 7.11 Å². The summed E-state index contributed by atoms with van der Waals surface area (Å²) in [6.45, 7) is 0. The molecular weight excluding hydrogens is 198 g/mol. The Morgan fingerprint density at radius 2 is 1.81 bits per heavy atom. The van der Waals surface area contributed by atoms with Gasteiger partial charge in [-0.1, -0.05) is 18.2 Å². The molecule has 16 heavy (non-hydrogen) atoms. The van der Waals surface area contributed by atoms with Crippen LogP contribution in [0.5, 0.6) is 5.75 Å². The summed E-state index contributed by atoms with van der Waals surface area (Å²) in [6, 6.07) is 9.98. The number of hydrogen-bond acceptors (Lipinski definition) is 2. The lowest BCUT2D eigenvalue weighted by Crippen LogP contribution is -2.37. The average Bonchev–Trinajstić information content (AvgIpc) is 2.68. The number of methoxy groups -OCH3 is 1. The second-order valence-corrected chi connectivity index (χ2v) is 5.05. The van der Waals surface area contributed by atoms with Crippen molar-refractivity contribution in [2.24, 2.45) is 0 Å². The van der Waals surface area contributed by atoms with Crippen molar-refractivity contribution in [3.8, 4) is 5.75 Å². The number of para-hydroxylation sites is 1. The normalized spacial score (nSPS) is 32.7. The fourth-order valence-electron chi connectivity index (χ4n) is 3.31. The molecule has 1 aromatic carbocycles. The molecule has 0 amide bonds. The van der Waals surface area contributed by atoms with Crippen LogP contribution in [0.25, 0.3) is 0 Å².